The lowest BCUT2D eigenvalue weighted by Gasteiger charge is -2.22. The molecule has 0 aromatic heterocycles. The molecule has 1 fully saturated rings. The van der Waals surface area contributed by atoms with Gasteiger partial charge < -0.3 is 14.2 Å². The van der Waals surface area contributed by atoms with Crippen LogP contribution in [-0.4, -0.2) is 36.2 Å². The minimum absolute atomic E-state index is 0.00587. The van der Waals surface area contributed by atoms with E-state index in [0.717, 1.165) is 0 Å². The van der Waals surface area contributed by atoms with Crippen molar-refractivity contribution in [2.24, 2.45) is 0 Å². The Bertz CT molecular complexity index is 333. The van der Waals surface area contributed by atoms with Gasteiger partial charge in [0.1, 0.15) is 18.3 Å². The van der Waals surface area contributed by atoms with Crippen molar-refractivity contribution in [2.45, 2.75) is 71.2 Å². The van der Waals surface area contributed by atoms with Gasteiger partial charge in [0.05, 0.1) is 19.3 Å². The summed E-state index contributed by atoms with van der Waals surface area (Å²) in [5, 5.41) is 0. The molecular formula is C14H22O6. The van der Waals surface area contributed by atoms with Gasteiger partial charge in [-0.1, -0.05) is 13.8 Å². The van der Waals surface area contributed by atoms with Gasteiger partial charge in [0, 0.05) is 0 Å². The fraction of sp³-hybridized carbons (Fsp3) is 0.786. The van der Waals surface area contributed by atoms with Gasteiger partial charge in [-0.2, -0.15) is 0 Å². The van der Waals surface area contributed by atoms with Crippen molar-refractivity contribution in [1.82, 2.24) is 0 Å². The fourth-order valence-corrected chi connectivity index (χ4v) is 1.93. The van der Waals surface area contributed by atoms with Crippen LogP contribution in [0, 0.1) is 0 Å². The third-order valence-corrected chi connectivity index (χ3v) is 3.08. The minimum Gasteiger partial charge on any atom is -0.462 e. The van der Waals surface area contributed by atoms with Gasteiger partial charge in [0.25, 0.3) is 0 Å². The van der Waals surface area contributed by atoms with Crippen LogP contribution in [0.5, 0.6) is 0 Å². The summed E-state index contributed by atoms with van der Waals surface area (Å²) < 4.78 is 15.5. The first-order valence-corrected chi connectivity index (χ1v) is 7.03. The summed E-state index contributed by atoms with van der Waals surface area (Å²) in [6.07, 6.45) is -0.434. The molecule has 0 N–H and O–H groups in total. The fourth-order valence-electron chi connectivity index (χ4n) is 1.93. The molecule has 0 radical (unpaired) electrons. The summed E-state index contributed by atoms with van der Waals surface area (Å²) in [4.78, 5) is 35.0. The third-order valence-electron chi connectivity index (χ3n) is 3.08. The summed E-state index contributed by atoms with van der Waals surface area (Å²) in [6.45, 7) is 5.30. The highest BCUT2D eigenvalue weighted by Crippen LogP contribution is 2.14. The number of carbonyl (C=O) groups excluding carboxylic acids is 3. The molecule has 0 aliphatic carbocycles. The molecule has 1 aliphatic heterocycles. The minimum atomic E-state index is -0.542. The lowest BCUT2D eigenvalue weighted by atomic mass is 10.1. The van der Waals surface area contributed by atoms with Crippen LogP contribution in [0.3, 0.4) is 0 Å². The van der Waals surface area contributed by atoms with E-state index in [9.17, 15) is 14.4 Å². The van der Waals surface area contributed by atoms with Crippen LogP contribution in [0.1, 0.15) is 52.9 Å². The van der Waals surface area contributed by atoms with E-state index in [1.54, 1.807) is 6.92 Å². The molecule has 2 unspecified atom stereocenters. The van der Waals surface area contributed by atoms with Crippen molar-refractivity contribution in [1.29, 1.82) is 0 Å². The maximum Gasteiger partial charge on any atom is 0.309 e. The van der Waals surface area contributed by atoms with Crippen molar-refractivity contribution < 1.29 is 28.6 Å². The summed E-state index contributed by atoms with van der Waals surface area (Å²) in [5.74, 6) is -1.41. The lowest BCUT2D eigenvalue weighted by Crippen LogP contribution is -2.30. The Balaban J connectivity index is 2.78. The zero-order valence-corrected chi connectivity index (χ0v) is 12.2. The van der Waals surface area contributed by atoms with Crippen LogP contribution >= 0.6 is 0 Å². The largest absolute Gasteiger partial charge is 0.462 e. The molecular weight excluding hydrogens is 264 g/mol. The van der Waals surface area contributed by atoms with E-state index in [1.807, 2.05) is 13.8 Å². The maximum absolute atomic E-state index is 11.7. The van der Waals surface area contributed by atoms with Crippen LogP contribution in [0.15, 0.2) is 0 Å². The predicted molar refractivity (Wildman–Crippen MR) is 69.7 cm³/mol. The van der Waals surface area contributed by atoms with Crippen LogP contribution in [0.25, 0.3) is 0 Å². The van der Waals surface area contributed by atoms with E-state index in [0.29, 0.717) is 12.8 Å². The SMILES string of the molecule is CCC1CC(=O)OC(CC)CC(=O)O[C@H](C)CC(=O)O1. The first-order chi connectivity index (χ1) is 9.44. The number of rotatable bonds is 2. The van der Waals surface area contributed by atoms with Crippen molar-refractivity contribution in [3.05, 3.63) is 0 Å². The molecule has 0 amide bonds. The summed E-state index contributed by atoms with van der Waals surface area (Å²) in [5.41, 5.74) is 0. The Morgan fingerprint density at radius 3 is 1.65 bits per heavy atom. The Hall–Kier alpha value is -1.59. The highest BCUT2D eigenvalue weighted by Gasteiger charge is 2.25. The Morgan fingerprint density at radius 1 is 0.800 bits per heavy atom. The number of esters is 3. The summed E-state index contributed by atoms with van der Waals surface area (Å²) in [7, 11) is 0. The van der Waals surface area contributed by atoms with Gasteiger partial charge in [-0.25, -0.2) is 0 Å². The summed E-state index contributed by atoms with van der Waals surface area (Å²) >= 11 is 0. The van der Waals surface area contributed by atoms with Crippen molar-refractivity contribution in [2.75, 3.05) is 0 Å². The van der Waals surface area contributed by atoms with E-state index < -0.39 is 36.2 Å². The zero-order chi connectivity index (χ0) is 15.1. The molecule has 0 saturated carbocycles. The number of hydrogen-bond donors (Lipinski definition) is 0. The molecule has 0 aromatic rings. The highest BCUT2D eigenvalue weighted by molar-refractivity contribution is 5.75. The van der Waals surface area contributed by atoms with Crippen molar-refractivity contribution >= 4 is 17.9 Å². The Morgan fingerprint density at radius 2 is 1.20 bits per heavy atom. The molecule has 3 atom stereocenters. The smallest absolute Gasteiger partial charge is 0.309 e. The van der Waals surface area contributed by atoms with Gasteiger partial charge in [0.15, 0.2) is 0 Å². The van der Waals surface area contributed by atoms with Crippen LogP contribution < -0.4 is 0 Å². The van der Waals surface area contributed by atoms with E-state index in [4.69, 9.17) is 14.2 Å². The Labute approximate surface area is 118 Å². The molecule has 1 aliphatic rings. The molecule has 1 heterocycles. The van der Waals surface area contributed by atoms with E-state index in [2.05, 4.69) is 0 Å². The second-order valence-corrected chi connectivity index (χ2v) is 4.95. The van der Waals surface area contributed by atoms with Crippen LogP contribution in [-0.2, 0) is 28.6 Å². The third kappa shape index (κ3) is 5.59. The maximum atomic E-state index is 11.7. The van der Waals surface area contributed by atoms with Crippen LogP contribution in [0.2, 0.25) is 0 Å². The molecule has 114 valence electrons. The average Bonchev–Trinajstić information content (AvgIpc) is 2.35. The Kier molecular flexibility index (Phi) is 6.48. The molecule has 0 bridgehead atoms. The van der Waals surface area contributed by atoms with E-state index >= 15 is 0 Å². The quantitative estimate of drug-likeness (QED) is 0.568. The standard InChI is InChI=1S/C14H22O6/c1-4-10-7-13(16)18-9(3)6-12(15)19-11(5-2)8-14(17)20-10/h9-11H,4-8H2,1-3H3/t9-,10?,11?/m1/s1. The van der Waals surface area contributed by atoms with Crippen molar-refractivity contribution in [3.8, 4) is 0 Å². The number of carbonyl (C=O) groups is 3. The highest BCUT2D eigenvalue weighted by atomic mass is 16.6. The predicted octanol–water partition coefficient (Wildman–Crippen LogP) is 1.75. The molecule has 0 aromatic carbocycles. The molecule has 6 heteroatoms. The molecule has 1 saturated heterocycles. The van der Waals surface area contributed by atoms with Crippen molar-refractivity contribution in [3.63, 3.8) is 0 Å². The van der Waals surface area contributed by atoms with Gasteiger partial charge in [-0.3, -0.25) is 14.4 Å². The lowest BCUT2D eigenvalue weighted by molar-refractivity contribution is -0.166. The molecule has 20 heavy (non-hydrogen) atoms. The normalized spacial score (nSPS) is 29.6. The molecule has 1 rings (SSSR count). The number of cyclic esters (lactones) is 3. The zero-order valence-electron chi connectivity index (χ0n) is 12.2. The van der Waals surface area contributed by atoms with Gasteiger partial charge in [-0.15, -0.1) is 0 Å². The summed E-state index contributed by atoms with van der Waals surface area (Å²) in [6, 6.07) is 0. The van der Waals surface area contributed by atoms with Gasteiger partial charge in [-0.05, 0) is 19.8 Å². The number of ether oxygens (including phenoxy) is 3. The monoisotopic (exact) mass is 286 g/mol. The average molecular weight is 286 g/mol. The number of hydrogen-bond acceptors (Lipinski definition) is 6. The second-order valence-electron chi connectivity index (χ2n) is 4.95. The second kappa shape index (κ2) is 7.87. The molecule has 0 spiro atoms. The van der Waals surface area contributed by atoms with E-state index in [1.165, 1.54) is 0 Å². The van der Waals surface area contributed by atoms with E-state index in [-0.39, 0.29) is 19.3 Å². The topological polar surface area (TPSA) is 78.9 Å². The van der Waals surface area contributed by atoms with Gasteiger partial charge >= 0.3 is 17.9 Å². The van der Waals surface area contributed by atoms with Gasteiger partial charge in [0.2, 0.25) is 0 Å². The van der Waals surface area contributed by atoms with Crippen LogP contribution in [0.4, 0.5) is 0 Å². The first-order valence-electron chi connectivity index (χ1n) is 7.03. The first kappa shape index (κ1) is 16.5. The molecule has 6 nitrogen and oxygen atoms in total.